The van der Waals surface area contributed by atoms with E-state index < -0.39 is 99.2 Å². The lowest BCUT2D eigenvalue weighted by Crippen LogP contribution is -2.89. The smallest absolute Gasteiger partial charge is 0.344 e. The van der Waals surface area contributed by atoms with Gasteiger partial charge in [-0.1, -0.05) is 25.7 Å². The molecule has 0 aromatic heterocycles. The Kier molecular flexibility index (Phi) is 4.92. The second kappa shape index (κ2) is 7.45. The molecular formula is C30H32O13. The van der Waals surface area contributed by atoms with Crippen LogP contribution >= 0.6 is 0 Å². The molecule has 11 atom stereocenters. The molecule has 4 saturated heterocycles. The third-order valence-electron chi connectivity index (χ3n) is 11.9. The predicted molar refractivity (Wildman–Crippen MR) is 138 cm³/mol. The highest BCUT2D eigenvalue weighted by Crippen LogP contribution is 2.88. The first kappa shape index (κ1) is 28.4. The lowest BCUT2D eigenvalue weighted by atomic mass is 9.33. The van der Waals surface area contributed by atoms with Crippen molar-refractivity contribution in [1.29, 1.82) is 0 Å². The van der Waals surface area contributed by atoms with Crippen molar-refractivity contribution in [2.45, 2.75) is 94.0 Å². The van der Waals surface area contributed by atoms with E-state index in [4.69, 9.17) is 28.4 Å². The number of aliphatic hydroxyl groups is 2. The summed E-state index contributed by atoms with van der Waals surface area (Å²) in [4.78, 5) is 67.7. The zero-order valence-corrected chi connectivity index (χ0v) is 24.4. The van der Waals surface area contributed by atoms with Crippen molar-refractivity contribution in [2.75, 3.05) is 6.61 Å². The number of aliphatic hydroxyl groups excluding tert-OH is 1. The maximum atomic E-state index is 14.3. The van der Waals surface area contributed by atoms with Gasteiger partial charge in [-0.15, -0.1) is 0 Å². The second-order valence-electron chi connectivity index (χ2n) is 13.3. The van der Waals surface area contributed by atoms with Crippen molar-refractivity contribution in [3.05, 3.63) is 36.0 Å². The average molecular weight is 601 g/mol. The Morgan fingerprint density at radius 2 is 1.77 bits per heavy atom. The monoisotopic (exact) mass is 600 g/mol. The van der Waals surface area contributed by atoms with E-state index in [1.165, 1.54) is 39.8 Å². The number of carbonyl (C=O) groups excluding carboxylic acids is 5. The largest absolute Gasteiger partial charge is 0.458 e. The van der Waals surface area contributed by atoms with E-state index in [-0.39, 0.29) is 17.4 Å². The third kappa shape index (κ3) is 2.25. The number of carbonyl (C=O) groups is 5. The summed E-state index contributed by atoms with van der Waals surface area (Å²) in [5, 5.41) is 22.3. The van der Waals surface area contributed by atoms with Crippen molar-refractivity contribution < 1.29 is 62.6 Å². The molecule has 5 aliphatic heterocycles. The van der Waals surface area contributed by atoms with E-state index in [0.717, 1.165) is 6.08 Å². The molecule has 7 rings (SSSR count). The molecule has 0 radical (unpaired) electrons. The molecule has 0 amide bonds. The number of esters is 4. The number of hydrogen-bond acceptors (Lipinski definition) is 13. The van der Waals surface area contributed by atoms with Crippen LogP contribution in [0.1, 0.15) is 41.5 Å². The van der Waals surface area contributed by atoms with Gasteiger partial charge in [0.1, 0.15) is 35.6 Å². The second-order valence-corrected chi connectivity index (χ2v) is 13.3. The molecule has 0 aromatic carbocycles. The first-order chi connectivity index (χ1) is 20.0. The van der Waals surface area contributed by atoms with Gasteiger partial charge in [0, 0.05) is 6.08 Å². The van der Waals surface area contributed by atoms with Crippen LogP contribution < -0.4 is 0 Å². The molecule has 2 saturated carbocycles. The predicted octanol–water partition coefficient (Wildman–Crippen LogP) is -0.243. The van der Waals surface area contributed by atoms with Gasteiger partial charge in [0.15, 0.2) is 22.9 Å². The molecule has 2 N–H and O–H groups in total. The minimum atomic E-state index is -2.73. The number of aldehydes is 1. The van der Waals surface area contributed by atoms with Gasteiger partial charge in [-0.25, -0.2) is 14.4 Å². The highest BCUT2D eigenvalue weighted by Gasteiger charge is 3.08. The maximum absolute atomic E-state index is 14.3. The van der Waals surface area contributed by atoms with Gasteiger partial charge in [-0.05, 0) is 40.2 Å². The Hall–Kier alpha value is -3.39. The van der Waals surface area contributed by atoms with Crippen LogP contribution in [0, 0.1) is 16.2 Å². The quantitative estimate of drug-likeness (QED) is 0.108. The first-order valence-corrected chi connectivity index (χ1v) is 14.0. The SMILES string of the molecule is C=C1C2(C=CC(=O)OC2(C)C)C(OC(=O)C(=CC)CO)C2OC34C(=O)OC5(C)C6OC16C2(C)C3(C(=O)OC4C)C5(O)C=O. The molecule has 43 heavy (non-hydrogen) atoms. The van der Waals surface area contributed by atoms with E-state index >= 15 is 0 Å². The summed E-state index contributed by atoms with van der Waals surface area (Å²) in [5.74, 6) is -3.78. The average Bonchev–Trinajstić information content (AvgIpc) is 3.58. The Morgan fingerprint density at radius 3 is 2.35 bits per heavy atom. The molecule has 0 aromatic rings. The van der Waals surface area contributed by atoms with Gasteiger partial charge in [0.2, 0.25) is 5.60 Å². The minimum absolute atomic E-state index is 0.110. The van der Waals surface area contributed by atoms with Crippen molar-refractivity contribution in [3.63, 3.8) is 0 Å². The van der Waals surface area contributed by atoms with E-state index in [1.54, 1.807) is 13.8 Å². The molecule has 230 valence electrons. The van der Waals surface area contributed by atoms with Crippen LogP contribution in [0.3, 0.4) is 0 Å². The van der Waals surface area contributed by atoms with E-state index in [0.29, 0.717) is 0 Å². The van der Waals surface area contributed by atoms with E-state index in [1.807, 2.05) is 0 Å². The number of fused-ring (bicyclic) bond motifs is 2. The van der Waals surface area contributed by atoms with Crippen LogP contribution in [0.2, 0.25) is 0 Å². The van der Waals surface area contributed by atoms with Crippen molar-refractivity contribution in [2.24, 2.45) is 16.2 Å². The van der Waals surface area contributed by atoms with Crippen LogP contribution in [-0.4, -0.2) is 99.4 Å². The van der Waals surface area contributed by atoms with Gasteiger partial charge >= 0.3 is 23.9 Å². The molecule has 2 bridgehead atoms. The summed E-state index contributed by atoms with van der Waals surface area (Å²) >= 11 is 0. The molecule has 13 nitrogen and oxygen atoms in total. The Balaban J connectivity index is 1.61. The van der Waals surface area contributed by atoms with Gasteiger partial charge in [0.05, 0.1) is 23.0 Å². The minimum Gasteiger partial charge on any atom is -0.458 e. The topological polar surface area (TPSA) is 184 Å². The number of hydrogen-bond donors (Lipinski definition) is 2. The lowest BCUT2D eigenvalue weighted by Gasteiger charge is -2.67. The van der Waals surface area contributed by atoms with Gasteiger partial charge in [0.25, 0.3) is 0 Å². The third-order valence-corrected chi connectivity index (χ3v) is 11.9. The summed E-state index contributed by atoms with van der Waals surface area (Å²) in [6.45, 7) is 12.7. The summed E-state index contributed by atoms with van der Waals surface area (Å²) in [6.07, 6.45) is -1.44. The Bertz CT molecular complexity index is 1540. The van der Waals surface area contributed by atoms with Crippen LogP contribution in [0.5, 0.6) is 0 Å². The molecule has 13 heteroatoms. The van der Waals surface area contributed by atoms with Crippen molar-refractivity contribution in [1.82, 2.24) is 0 Å². The zero-order valence-electron chi connectivity index (χ0n) is 24.4. The van der Waals surface area contributed by atoms with E-state index in [2.05, 4.69) is 6.58 Å². The molecular weight excluding hydrogens is 568 g/mol. The van der Waals surface area contributed by atoms with Crippen LogP contribution in [0.25, 0.3) is 0 Å². The van der Waals surface area contributed by atoms with Crippen LogP contribution in [0.4, 0.5) is 0 Å². The summed E-state index contributed by atoms with van der Waals surface area (Å²) < 4.78 is 36.6. The summed E-state index contributed by atoms with van der Waals surface area (Å²) in [7, 11) is 0. The van der Waals surface area contributed by atoms with Crippen molar-refractivity contribution >= 4 is 30.2 Å². The molecule has 11 unspecified atom stereocenters. The molecule has 3 spiro atoms. The maximum Gasteiger partial charge on any atom is 0.344 e. The number of ether oxygens (including phenoxy) is 6. The van der Waals surface area contributed by atoms with Gasteiger partial charge in [-0.3, -0.25) is 9.59 Å². The van der Waals surface area contributed by atoms with Crippen LogP contribution in [0.15, 0.2) is 36.0 Å². The fraction of sp³-hybridized carbons (Fsp3) is 0.633. The number of rotatable bonds is 4. The number of allylic oxidation sites excluding steroid dienone is 1. The zero-order chi connectivity index (χ0) is 31.6. The Morgan fingerprint density at radius 1 is 1.09 bits per heavy atom. The molecule has 7 aliphatic rings. The fourth-order valence-corrected chi connectivity index (χ4v) is 9.93. The number of epoxide rings is 1. The summed E-state index contributed by atoms with van der Waals surface area (Å²) in [6, 6.07) is 0. The highest BCUT2D eigenvalue weighted by atomic mass is 16.7. The van der Waals surface area contributed by atoms with Gasteiger partial charge < -0.3 is 38.6 Å². The van der Waals surface area contributed by atoms with Gasteiger partial charge in [-0.2, -0.15) is 0 Å². The lowest BCUT2D eigenvalue weighted by molar-refractivity contribution is -0.293. The molecule has 2 aliphatic carbocycles. The summed E-state index contributed by atoms with van der Waals surface area (Å²) in [5.41, 5.74) is -16.2. The van der Waals surface area contributed by atoms with Crippen molar-refractivity contribution in [3.8, 4) is 0 Å². The fourth-order valence-electron chi connectivity index (χ4n) is 9.93. The van der Waals surface area contributed by atoms with E-state index in [9.17, 15) is 34.2 Å². The number of cyclic esters (lactones) is 2. The van der Waals surface area contributed by atoms with Crippen LogP contribution in [-0.2, 0) is 52.4 Å². The first-order valence-electron chi connectivity index (χ1n) is 14.0. The standard InChI is InChI=1S/C30H32O13/c1-8-15(11-31)19(34)39-18-17-24(6)28(13(2)26(18)10-9-16(33)40-23(26,4)5)20(42-28)25(7)27(37,12-32)30(24)22(36)38-14(3)29(30,41-17)21(35)43-25/h8-10,12,14,17-18,20,31,37H,2,11H2,1,3-7H3. The Labute approximate surface area is 245 Å². The molecule has 6 fully saturated rings. The highest BCUT2D eigenvalue weighted by molar-refractivity contribution is 6.04. The molecule has 5 heterocycles. The normalized spacial score (nSPS) is 53.0.